The number of aromatic amines is 1. The lowest BCUT2D eigenvalue weighted by atomic mass is 9.72. The minimum Gasteiger partial charge on any atom is -0.455 e. The highest BCUT2D eigenvalue weighted by Crippen LogP contribution is 2.44. The van der Waals surface area contributed by atoms with E-state index in [-0.39, 0.29) is 52.5 Å². The van der Waals surface area contributed by atoms with Gasteiger partial charge >= 0.3 is 0 Å². The SMILES string of the molecule is CC1(C)CCC(CN2CCN(c3ccc(C(=O)NS(=O)(=O)c4ccc(NCC5CCC(N6CCN(C(=O)CCCCc7cccc8c7CN(C7CCC(=O)NC7=O)C8=O)CC6)CC5)c([N+](=O)[O-])c4)c(Oc4cnc5[nH]ccc5c4)c3)CC2)=C(c2ccc(Cl)cc2)C1. The first-order chi connectivity index (χ1) is 43.8. The molecule has 91 heavy (non-hydrogen) atoms. The fraction of sp³-hybridized carbons (Fsp3) is 0.441. The van der Waals surface area contributed by atoms with Crippen LogP contribution in [0.2, 0.25) is 5.02 Å². The molecule has 1 saturated carbocycles. The number of sulfonamides is 1. The van der Waals surface area contributed by atoms with Crippen LogP contribution < -0.4 is 25.0 Å². The van der Waals surface area contributed by atoms with Crippen LogP contribution in [-0.4, -0.2) is 150 Å². The van der Waals surface area contributed by atoms with Crippen LogP contribution in [0.4, 0.5) is 17.1 Å². The topological polar surface area (TPSA) is 253 Å². The molecule has 0 spiro atoms. The van der Waals surface area contributed by atoms with Gasteiger partial charge in [0.2, 0.25) is 17.7 Å². The number of unbranched alkanes of at least 4 members (excludes halogenated alkanes) is 1. The molecule has 478 valence electrons. The van der Waals surface area contributed by atoms with Gasteiger partial charge in [-0.1, -0.05) is 55.3 Å². The van der Waals surface area contributed by atoms with Crippen molar-refractivity contribution in [1.29, 1.82) is 0 Å². The molecule has 6 aliphatic rings. The number of fused-ring (bicyclic) bond motifs is 2. The van der Waals surface area contributed by atoms with Crippen molar-refractivity contribution in [3.63, 3.8) is 0 Å². The van der Waals surface area contributed by atoms with Crippen molar-refractivity contribution in [3.05, 3.63) is 152 Å². The minimum absolute atomic E-state index is 0.0565. The van der Waals surface area contributed by atoms with Crippen molar-refractivity contribution >= 4 is 84.8 Å². The molecule has 2 aromatic heterocycles. The van der Waals surface area contributed by atoms with Crippen molar-refractivity contribution in [3.8, 4) is 11.5 Å². The smallest absolute Gasteiger partial charge is 0.293 e. The monoisotopic (exact) mass is 1280 g/mol. The molecular formula is C68H78ClN11O10S. The molecule has 23 heteroatoms. The quantitative estimate of drug-likeness (QED) is 0.0240. The van der Waals surface area contributed by atoms with Crippen LogP contribution >= 0.6 is 11.6 Å². The molecule has 0 radical (unpaired) electrons. The van der Waals surface area contributed by atoms with Crippen LogP contribution in [0.25, 0.3) is 16.6 Å². The van der Waals surface area contributed by atoms with Gasteiger partial charge < -0.3 is 29.7 Å². The van der Waals surface area contributed by atoms with E-state index >= 15 is 0 Å². The van der Waals surface area contributed by atoms with E-state index in [2.05, 4.69) is 66.0 Å². The molecule has 21 nitrogen and oxygen atoms in total. The molecule has 4 fully saturated rings. The van der Waals surface area contributed by atoms with Gasteiger partial charge in [-0.25, -0.2) is 18.1 Å². The number of piperazine rings is 2. The van der Waals surface area contributed by atoms with Gasteiger partial charge in [-0.3, -0.25) is 49.2 Å². The third kappa shape index (κ3) is 14.5. The highest BCUT2D eigenvalue weighted by atomic mass is 35.5. The number of hydrogen-bond donors (Lipinski definition) is 4. The predicted molar refractivity (Wildman–Crippen MR) is 347 cm³/mol. The van der Waals surface area contributed by atoms with E-state index in [0.717, 1.165) is 117 Å². The van der Waals surface area contributed by atoms with E-state index in [0.29, 0.717) is 88.0 Å². The summed E-state index contributed by atoms with van der Waals surface area (Å²) in [5.41, 5.74) is 7.95. The standard InChI is InChI=1S/C68H78ClN11O10S/c1-68(2)26-24-48(56(39-68)46-12-14-49(69)15-13-46)42-75-28-30-77(31-29-75)51-18-20-55(61(37-51)90-52-36-47-25-27-70-64(47)72-41-52)65(83)74-91(88,89)53-19-21-58(60(38-53)80(86)87)71-40-44-10-16-50(17-11-44)76-32-34-78(35-33-76)63(82)9-4-3-6-45-7-5-8-54-57(45)43-79(67(54)85)59-22-23-62(81)73-66(59)84/h5,7-8,12-15,18-21,25,27,36-38,41,44,50,59,71H,3-4,6,9-11,16-17,22-24,26,28-35,39-40,42-43H2,1-2H3,(H,70,72)(H,74,83)(H,73,81,84). The number of hydrogen-bond acceptors (Lipinski definition) is 15. The molecule has 12 rings (SSSR count). The molecular weight excluding hydrogens is 1200 g/mol. The second-order valence-electron chi connectivity index (χ2n) is 26.0. The van der Waals surface area contributed by atoms with E-state index in [4.69, 9.17) is 16.3 Å². The number of imide groups is 1. The normalized spacial score (nSPS) is 20.8. The highest BCUT2D eigenvalue weighted by molar-refractivity contribution is 7.90. The third-order valence-corrected chi connectivity index (χ3v) is 21.0. The summed E-state index contributed by atoms with van der Waals surface area (Å²) in [6, 6.07) is 25.8. The largest absolute Gasteiger partial charge is 0.455 e. The fourth-order valence-electron chi connectivity index (χ4n) is 14.1. The summed E-state index contributed by atoms with van der Waals surface area (Å²) in [6.45, 7) is 12.2. The number of halogens is 1. The van der Waals surface area contributed by atoms with E-state index in [1.165, 1.54) is 35.0 Å². The summed E-state index contributed by atoms with van der Waals surface area (Å²) in [6.07, 6.45) is 13.2. The van der Waals surface area contributed by atoms with Crippen molar-refractivity contribution in [1.82, 2.24) is 39.6 Å². The zero-order valence-corrected chi connectivity index (χ0v) is 53.1. The van der Waals surface area contributed by atoms with Crippen LogP contribution in [0.1, 0.15) is 128 Å². The van der Waals surface area contributed by atoms with Gasteiger partial charge in [0.15, 0.2) is 0 Å². The first-order valence-corrected chi connectivity index (χ1v) is 33.7. The van der Waals surface area contributed by atoms with E-state index in [1.54, 1.807) is 41.4 Å². The Morgan fingerprint density at radius 3 is 2.41 bits per heavy atom. The van der Waals surface area contributed by atoms with E-state index in [1.807, 2.05) is 35.2 Å². The zero-order chi connectivity index (χ0) is 63.6. The number of carbonyl (C=O) groups excluding carboxylic acids is 5. The molecule has 6 heterocycles. The number of anilines is 2. The maximum Gasteiger partial charge on any atom is 0.293 e. The summed E-state index contributed by atoms with van der Waals surface area (Å²) in [7, 11) is -4.64. The highest BCUT2D eigenvalue weighted by Gasteiger charge is 2.40. The molecule has 0 bridgehead atoms. The summed E-state index contributed by atoms with van der Waals surface area (Å²) < 4.78 is 36.6. The van der Waals surface area contributed by atoms with Crippen LogP contribution in [-0.2, 0) is 37.4 Å². The number of amides is 5. The number of pyridine rings is 1. The summed E-state index contributed by atoms with van der Waals surface area (Å²) >= 11 is 6.28. The Bertz CT molecular complexity index is 3920. The Morgan fingerprint density at radius 2 is 1.65 bits per heavy atom. The van der Waals surface area contributed by atoms with Gasteiger partial charge in [0.1, 0.15) is 28.9 Å². The Kier molecular flexibility index (Phi) is 18.7. The first-order valence-electron chi connectivity index (χ1n) is 31.9. The number of piperidine rings is 1. The van der Waals surface area contributed by atoms with Gasteiger partial charge in [-0.15, -0.1) is 0 Å². The molecule has 4 N–H and O–H groups in total. The first kappa shape index (κ1) is 63.0. The third-order valence-electron chi connectivity index (χ3n) is 19.4. The zero-order valence-electron chi connectivity index (χ0n) is 51.5. The summed E-state index contributed by atoms with van der Waals surface area (Å²) in [5.74, 6) is -1.11. The molecule has 4 aliphatic heterocycles. The van der Waals surface area contributed by atoms with Crippen LogP contribution in [0.5, 0.6) is 11.5 Å². The maximum atomic E-state index is 14.2. The number of nitro groups is 1. The van der Waals surface area contributed by atoms with E-state index < -0.39 is 43.4 Å². The van der Waals surface area contributed by atoms with Crippen molar-refractivity contribution in [2.24, 2.45) is 11.3 Å². The lowest BCUT2D eigenvalue weighted by molar-refractivity contribution is -0.384. The number of H-pyrrole nitrogens is 1. The molecule has 3 saturated heterocycles. The van der Waals surface area contributed by atoms with E-state index in [9.17, 15) is 42.5 Å². The average molecular weight is 1280 g/mol. The number of nitro benzene ring substituents is 1. The molecule has 4 aromatic carbocycles. The number of rotatable bonds is 20. The molecule has 2 aliphatic carbocycles. The van der Waals surface area contributed by atoms with Gasteiger partial charge in [0.25, 0.3) is 27.5 Å². The Morgan fingerprint density at radius 1 is 0.868 bits per heavy atom. The van der Waals surface area contributed by atoms with Crippen molar-refractivity contribution in [2.75, 3.05) is 75.7 Å². The second-order valence-corrected chi connectivity index (χ2v) is 28.1. The van der Waals surface area contributed by atoms with Crippen LogP contribution in [0, 0.1) is 21.4 Å². The van der Waals surface area contributed by atoms with Crippen LogP contribution in [0.3, 0.4) is 0 Å². The van der Waals surface area contributed by atoms with Crippen LogP contribution in [0.15, 0.2) is 114 Å². The number of benzene rings is 4. The molecule has 1 unspecified atom stereocenters. The van der Waals surface area contributed by atoms with Gasteiger partial charge in [-0.05, 0) is 159 Å². The minimum atomic E-state index is -4.64. The van der Waals surface area contributed by atoms with Gasteiger partial charge in [0, 0.05) is 131 Å². The Labute approximate surface area is 535 Å². The lowest BCUT2D eigenvalue weighted by Gasteiger charge is -2.42. The molecule has 1 atom stereocenters. The maximum absolute atomic E-state index is 14.2. The fourth-order valence-corrected chi connectivity index (χ4v) is 15.2. The number of allylic oxidation sites excluding steroid dienone is 1. The number of nitrogens with zero attached hydrogens (tertiary/aromatic N) is 7. The second kappa shape index (κ2) is 27.0. The number of ether oxygens (including phenoxy) is 1. The van der Waals surface area contributed by atoms with Crippen molar-refractivity contribution in [2.45, 2.75) is 121 Å². The predicted octanol–water partition coefficient (Wildman–Crippen LogP) is 10.1. The molecule has 6 aromatic rings. The number of aryl methyl sites for hydroxylation is 1. The summed E-state index contributed by atoms with van der Waals surface area (Å²) in [4.78, 5) is 94.8. The number of nitrogens with one attached hydrogen (secondary N) is 4. The molecule has 5 amide bonds. The Hall–Kier alpha value is -8.18. The lowest BCUT2D eigenvalue weighted by Crippen LogP contribution is -2.52. The van der Waals surface area contributed by atoms with Crippen molar-refractivity contribution < 1.29 is 42.1 Å². The number of carbonyl (C=O) groups is 5. The van der Waals surface area contributed by atoms with Gasteiger partial charge in [0.05, 0.1) is 21.6 Å². The summed E-state index contributed by atoms with van der Waals surface area (Å²) in [5, 5.41) is 19.6. The Balaban J connectivity index is 0.617. The number of aromatic nitrogens is 2. The average Bonchev–Trinajstić information content (AvgIpc) is 1.82. The van der Waals surface area contributed by atoms with Gasteiger partial charge in [-0.2, -0.15) is 0 Å².